The third-order valence-corrected chi connectivity index (χ3v) is 4.72. The van der Waals surface area contributed by atoms with Gasteiger partial charge in [0.05, 0.1) is 26.4 Å². The lowest BCUT2D eigenvalue weighted by Gasteiger charge is -2.27. The van der Waals surface area contributed by atoms with E-state index in [0.29, 0.717) is 30.8 Å². The van der Waals surface area contributed by atoms with Crippen LogP contribution in [0.15, 0.2) is 28.9 Å². The fraction of sp³-hybridized carbons (Fsp3) is 0.474. The maximum absolute atomic E-state index is 12.6. The number of rotatable bonds is 6. The van der Waals surface area contributed by atoms with E-state index < -0.39 is 5.54 Å². The second kappa shape index (κ2) is 7.17. The Hall–Kier alpha value is -2.50. The molecule has 1 amide bonds. The van der Waals surface area contributed by atoms with Crippen molar-refractivity contribution < 1.29 is 23.5 Å². The highest BCUT2D eigenvalue weighted by Gasteiger charge is 2.43. The molecule has 0 unspecified atom stereocenters. The minimum Gasteiger partial charge on any atom is -0.497 e. The molecule has 134 valence electrons. The van der Waals surface area contributed by atoms with Gasteiger partial charge in [-0.05, 0) is 31.9 Å². The quantitative estimate of drug-likeness (QED) is 0.815. The Balaban J connectivity index is 1.74. The van der Waals surface area contributed by atoms with Crippen LogP contribution in [0, 0.1) is 0 Å². The van der Waals surface area contributed by atoms with Gasteiger partial charge in [0.2, 0.25) is 5.91 Å². The summed E-state index contributed by atoms with van der Waals surface area (Å²) < 4.78 is 15.9. The van der Waals surface area contributed by atoms with Crippen molar-refractivity contribution in [3.8, 4) is 5.75 Å². The van der Waals surface area contributed by atoms with Crippen molar-refractivity contribution in [3.63, 3.8) is 0 Å². The third kappa shape index (κ3) is 3.48. The maximum Gasteiger partial charge on any atom is 0.331 e. The summed E-state index contributed by atoms with van der Waals surface area (Å²) in [6.45, 7) is 2.08. The molecule has 0 spiro atoms. The normalized spacial score (nSPS) is 15.9. The van der Waals surface area contributed by atoms with Gasteiger partial charge in [-0.2, -0.15) is 0 Å². The van der Waals surface area contributed by atoms with Crippen LogP contribution in [-0.4, -0.2) is 31.1 Å². The predicted octanol–water partition coefficient (Wildman–Crippen LogP) is 2.98. The van der Waals surface area contributed by atoms with Gasteiger partial charge in [0, 0.05) is 17.0 Å². The van der Waals surface area contributed by atoms with Crippen LogP contribution in [0.3, 0.4) is 0 Å². The molecule has 1 aromatic heterocycles. The zero-order valence-electron chi connectivity index (χ0n) is 14.6. The van der Waals surface area contributed by atoms with Crippen molar-refractivity contribution in [1.82, 2.24) is 5.32 Å². The van der Waals surface area contributed by atoms with Crippen LogP contribution in [0.25, 0.3) is 11.0 Å². The van der Waals surface area contributed by atoms with Gasteiger partial charge in [-0.25, -0.2) is 4.79 Å². The van der Waals surface area contributed by atoms with Crippen LogP contribution in [0.1, 0.15) is 38.2 Å². The van der Waals surface area contributed by atoms with Gasteiger partial charge < -0.3 is 19.2 Å². The number of furan rings is 1. The smallest absolute Gasteiger partial charge is 0.331 e. The van der Waals surface area contributed by atoms with E-state index in [0.717, 1.165) is 23.8 Å². The number of fused-ring (bicyclic) bond motifs is 1. The Morgan fingerprint density at radius 1 is 1.28 bits per heavy atom. The van der Waals surface area contributed by atoms with Crippen molar-refractivity contribution in [1.29, 1.82) is 0 Å². The van der Waals surface area contributed by atoms with Crippen LogP contribution in [0.4, 0.5) is 0 Å². The molecule has 3 rings (SSSR count). The molecule has 0 radical (unpaired) electrons. The van der Waals surface area contributed by atoms with E-state index in [4.69, 9.17) is 13.9 Å². The molecule has 0 saturated heterocycles. The number of hydrogen-bond donors (Lipinski definition) is 1. The van der Waals surface area contributed by atoms with Crippen LogP contribution in [0.2, 0.25) is 0 Å². The molecule has 1 fully saturated rings. The fourth-order valence-corrected chi connectivity index (χ4v) is 3.44. The van der Waals surface area contributed by atoms with Gasteiger partial charge in [0.1, 0.15) is 16.9 Å². The maximum atomic E-state index is 12.6. The average molecular weight is 345 g/mol. The van der Waals surface area contributed by atoms with Gasteiger partial charge >= 0.3 is 5.97 Å². The van der Waals surface area contributed by atoms with Crippen molar-refractivity contribution in [2.75, 3.05) is 13.7 Å². The molecule has 1 N–H and O–H groups in total. The SMILES string of the molecule is CCOC(=O)C1(NC(=O)Cc2coc3cc(OC)ccc23)CCCC1. The number of esters is 1. The average Bonchev–Trinajstić information content (AvgIpc) is 3.23. The summed E-state index contributed by atoms with van der Waals surface area (Å²) in [6, 6.07) is 5.49. The molecular formula is C19H23NO5. The second-order valence-electron chi connectivity index (χ2n) is 6.36. The first-order valence-electron chi connectivity index (χ1n) is 8.60. The first-order valence-corrected chi connectivity index (χ1v) is 8.60. The minimum absolute atomic E-state index is 0.153. The van der Waals surface area contributed by atoms with E-state index in [9.17, 15) is 9.59 Å². The highest BCUT2D eigenvalue weighted by atomic mass is 16.5. The number of ether oxygens (including phenoxy) is 2. The summed E-state index contributed by atoms with van der Waals surface area (Å²) in [5, 5.41) is 3.79. The monoisotopic (exact) mass is 345 g/mol. The molecule has 1 aromatic carbocycles. The molecule has 1 saturated carbocycles. The Morgan fingerprint density at radius 2 is 2.04 bits per heavy atom. The van der Waals surface area contributed by atoms with E-state index in [1.807, 2.05) is 12.1 Å². The molecule has 6 heteroatoms. The number of methoxy groups -OCH3 is 1. The van der Waals surface area contributed by atoms with E-state index in [2.05, 4.69) is 5.32 Å². The van der Waals surface area contributed by atoms with Gasteiger partial charge in [-0.15, -0.1) is 0 Å². The Morgan fingerprint density at radius 3 is 2.72 bits per heavy atom. The Labute approximate surface area is 146 Å². The van der Waals surface area contributed by atoms with Crippen molar-refractivity contribution in [3.05, 3.63) is 30.0 Å². The molecule has 1 aliphatic carbocycles. The first kappa shape index (κ1) is 17.3. The summed E-state index contributed by atoms with van der Waals surface area (Å²) >= 11 is 0. The van der Waals surface area contributed by atoms with Crippen LogP contribution in [-0.2, 0) is 20.7 Å². The molecular weight excluding hydrogens is 322 g/mol. The summed E-state index contributed by atoms with van der Waals surface area (Å²) in [7, 11) is 1.59. The lowest BCUT2D eigenvalue weighted by Crippen LogP contribution is -2.53. The summed E-state index contributed by atoms with van der Waals surface area (Å²) in [5.74, 6) is 0.168. The number of carbonyl (C=O) groups excluding carboxylic acids is 2. The molecule has 0 atom stereocenters. The number of hydrogen-bond acceptors (Lipinski definition) is 5. The standard InChI is InChI=1S/C19H23NO5/c1-3-24-18(22)19(8-4-5-9-19)20-17(21)10-13-12-25-16-11-14(23-2)6-7-15(13)16/h6-7,11-12H,3-5,8-10H2,1-2H3,(H,20,21). The molecule has 25 heavy (non-hydrogen) atoms. The van der Waals surface area contributed by atoms with Crippen LogP contribution < -0.4 is 10.1 Å². The predicted molar refractivity (Wildman–Crippen MR) is 92.4 cm³/mol. The fourth-order valence-electron chi connectivity index (χ4n) is 3.44. The first-order chi connectivity index (χ1) is 12.1. The van der Waals surface area contributed by atoms with E-state index >= 15 is 0 Å². The lowest BCUT2D eigenvalue weighted by atomic mass is 9.97. The summed E-state index contributed by atoms with van der Waals surface area (Å²) in [5.41, 5.74) is 0.575. The number of amides is 1. The van der Waals surface area contributed by atoms with Crippen LogP contribution in [0.5, 0.6) is 5.75 Å². The molecule has 1 aliphatic rings. The van der Waals surface area contributed by atoms with Crippen LogP contribution >= 0.6 is 0 Å². The van der Waals surface area contributed by atoms with Crippen molar-refractivity contribution in [2.45, 2.75) is 44.6 Å². The second-order valence-corrected chi connectivity index (χ2v) is 6.36. The highest BCUT2D eigenvalue weighted by Crippen LogP contribution is 2.31. The minimum atomic E-state index is -0.879. The zero-order valence-corrected chi connectivity index (χ0v) is 14.6. The topological polar surface area (TPSA) is 77.8 Å². The van der Waals surface area contributed by atoms with Crippen molar-refractivity contribution in [2.24, 2.45) is 0 Å². The van der Waals surface area contributed by atoms with Gasteiger partial charge in [0.15, 0.2) is 0 Å². The number of carbonyl (C=O) groups is 2. The highest BCUT2D eigenvalue weighted by molar-refractivity contribution is 5.92. The molecule has 0 aliphatic heterocycles. The number of nitrogens with one attached hydrogen (secondary N) is 1. The molecule has 2 aromatic rings. The van der Waals surface area contributed by atoms with Gasteiger partial charge in [-0.1, -0.05) is 12.8 Å². The largest absolute Gasteiger partial charge is 0.497 e. The Kier molecular flexibility index (Phi) is 4.97. The van der Waals surface area contributed by atoms with Crippen molar-refractivity contribution >= 4 is 22.8 Å². The summed E-state index contributed by atoms with van der Waals surface area (Å²) in [4.78, 5) is 24.9. The molecule has 6 nitrogen and oxygen atoms in total. The van der Waals surface area contributed by atoms with E-state index in [1.54, 1.807) is 26.4 Å². The molecule has 1 heterocycles. The third-order valence-electron chi connectivity index (χ3n) is 4.72. The van der Waals surface area contributed by atoms with E-state index in [1.165, 1.54) is 0 Å². The summed E-state index contributed by atoms with van der Waals surface area (Å²) in [6.07, 6.45) is 4.80. The van der Waals surface area contributed by atoms with Gasteiger partial charge in [-0.3, -0.25) is 4.79 Å². The lowest BCUT2D eigenvalue weighted by molar-refractivity contribution is -0.153. The van der Waals surface area contributed by atoms with E-state index in [-0.39, 0.29) is 18.3 Å². The van der Waals surface area contributed by atoms with Gasteiger partial charge in [0.25, 0.3) is 0 Å². The molecule has 0 bridgehead atoms. The zero-order chi connectivity index (χ0) is 17.9. The Bertz CT molecular complexity index is 773. The number of benzene rings is 1.